The number of hydrogen-bond donors (Lipinski definition) is 4. The molecule has 27 heavy (non-hydrogen) atoms. The first-order valence-electron chi connectivity index (χ1n) is 8.97. The van der Waals surface area contributed by atoms with E-state index in [0.717, 1.165) is 0 Å². The second-order valence-electron chi connectivity index (χ2n) is 7.46. The molecular formula is C18H27ClN4O4. The predicted octanol–water partition coefficient (Wildman–Crippen LogP) is 0.911. The Balaban J connectivity index is 2.38. The standard InChI is InChI=1S/C18H27ClN4O4/c1-11(2)8-13(15(24)16(25)22-27)17(26)23-7-6-20-10-18(23,3)14-5-4-12(19)9-21-14/h4-5,9,11,13,15,20,24,27H,6-8,10H2,1-3H3,(H,22,25)/t13-,15-,18+/m0/s1. The van der Waals surface area contributed by atoms with Gasteiger partial charge in [0.2, 0.25) is 5.91 Å². The van der Waals surface area contributed by atoms with E-state index in [1.165, 1.54) is 11.7 Å². The highest BCUT2D eigenvalue weighted by Crippen LogP contribution is 2.32. The molecule has 0 saturated carbocycles. The van der Waals surface area contributed by atoms with E-state index in [1.54, 1.807) is 17.0 Å². The lowest BCUT2D eigenvalue weighted by Gasteiger charge is -2.46. The van der Waals surface area contributed by atoms with Gasteiger partial charge in [0, 0.05) is 25.8 Å². The first-order valence-corrected chi connectivity index (χ1v) is 9.34. The number of amides is 2. The number of aromatic nitrogens is 1. The van der Waals surface area contributed by atoms with E-state index < -0.39 is 23.5 Å². The Morgan fingerprint density at radius 2 is 2.15 bits per heavy atom. The molecular weight excluding hydrogens is 372 g/mol. The molecule has 150 valence electrons. The third-order valence-corrected chi connectivity index (χ3v) is 5.15. The minimum atomic E-state index is -1.64. The van der Waals surface area contributed by atoms with Crippen molar-refractivity contribution in [1.29, 1.82) is 0 Å². The summed E-state index contributed by atoms with van der Waals surface area (Å²) in [6.45, 7) is 7.17. The van der Waals surface area contributed by atoms with Crippen molar-refractivity contribution in [2.24, 2.45) is 11.8 Å². The number of aliphatic hydroxyl groups is 1. The van der Waals surface area contributed by atoms with E-state index in [-0.39, 0.29) is 11.8 Å². The summed E-state index contributed by atoms with van der Waals surface area (Å²) < 4.78 is 0. The summed E-state index contributed by atoms with van der Waals surface area (Å²) in [5, 5.41) is 23.0. The average Bonchev–Trinajstić information content (AvgIpc) is 2.65. The highest BCUT2D eigenvalue weighted by Gasteiger charge is 2.45. The van der Waals surface area contributed by atoms with Gasteiger partial charge >= 0.3 is 0 Å². The molecule has 1 aromatic heterocycles. The van der Waals surface area contributed by atoms with Gasteiger partial charge in [-0.15, -0.1) is 0 Å². The molecule has 2 rings (SSSR count). The molecule has 1 fully saturated rings. The molecule has 0 aromatic carbocycles. The molecule has 1 saturated heterocycles. The molecule has 0 unspecified atom stereocenters. The van der Waals surface area contributed by atoms with Crippen LogP contribution in [0.15, 0.2) is 18.3 Å². The summed E-state index contributed by atoms with van der Waals surface area (Å²) in [7, 11) is 0. The third-order valence-electron chi connectivity index (χ3n) is 4.92. The Kier molecular flexibility index (Phi) is 7.16. The number of carbonyl (C=O) groups excluding carboxylic acids is 2. The van der Waals surface area contributed by atoms with Crippen LogP contribution in [-0.4, -0.2) is 57.8 Å². The van der Waals surface area contributed by atoms with E-state index in [2.05, 4.69) is 10.3 Å². The smallest absolute Gasteiger partial charge is 0.272 e. The van der Waals surface area contributed by atoms with Gasteiger partial charge in [0.25, 0.3) is 5.91 Å². The lowest BCUT2D eigenvalue weighted by atomic mass is 9.86. The van der Waals surface area contributed by atoms with E-state index in [0.29, 0.717) is 36.8 Å². The van der Waals surface area contributed by atoms with Crippen molar-refractivity contribution in [1.82, 2.24) is 20.7 Å². The molecule has 2 heterocycles. The summed E-state index contributed by atoms with van der Waals surface area (Å²) in [5.41, 5.74) is 1.34. The number of hydrogen-bond acceptors (Lipinski definition) is 6. The zero-order chi connectivity index (χ0) is 20.2. The zero-order valence-corrected chi connectivity index (χ0v) is 16.5. The summed E-state index contributed by atoms with van der Waals surface area (Å²) in [4.78, 5) is 31.2. The predicted molar refractivity (Wildman–Crippen MR) is 100 cm³/mol. The topological polar surface area (TPSA) is 115 Å². The van der Waals surface area contributed by atoms with Crippen LogP contribution < -0.4 is 10.8 Å². The minimum Gasteiger partial charge on any atom is -0.382 e. The lowest BCUT2D eigenvalue weighted by Crippen LogP contribution is -2.62. The Labute approximate surface area is 163 Å². The summed E-state index contributed by atoms with van der Waals surface area (Å²) in [6.07, 6.45) is 0.197. The van der Waals surface area contributed by atoms with E-state index >= 15 is 0 Å². The Morgan fingerprint density at radius 3 is 2.70 bits per heavy atom. The van der Waals surface area contributed by atoms with Crippen molar-refractivity contribution in [2.75, 3.05) is 19.6 Å². The van der Waals surface area contributed by atoms with Crippen LogP contribution in [0.5, 0.6) is 0 Å². The van der Waals surface area contributed by atoms with Gasteiger partial charge in [-0.05, 0) is 31.4 Å². The highest BCUT2D eigenvalue weighted by atomic mass is 35.5. The summed E-state index contributed by atoms with van der Waals surface area (Å²) in [6, 6.07) is 3.48. The number of halogens is 1. The maximum absolute atomic E-state index is 13.4. The van der Waals surface area contributed by atoms with E-state index in [9.17, 15) is 14.7 Å². The van der Waals surface area contributed by atoms with Crippen molar-refractivity contribution >= 4 is 23.4 Å². The van der Waals surface area contributed by atoms with Crippen LogP contribution in [0, 0.1) is 11.8 Å². The van der Waals surface area contributed by atoms with Crippen molar-refractivity contribution < 1.29 is 19.9 Å². The van der Waals surface area contributed by atoms with Crippen LogP contribution in [0.4, 0.5) is 0 Å². The monoisotopic (exact) mass is 398 g/mol. The SMILES string of the molecule is CC(C)C[C@H](C(=O)N1CCNC[C@]1(C)c1ccc(Cl)cn1)[C@H](O)C(=O)NO. The van der Waals surface area contributed by atoms with Crippen LogP contribution in [0.1, 0.15) is 32.9 Å². The number of rotatable bonds is 6. The molecule has 9 heteroatoms. The highest BCUT2D eigenvalue weighted by molar-refractivity contribution is 6.30. The first-order chi connectivity index (χ1) is 12.7. The fraction of sp³-hybridized carbons (Fsp3) is 0.611. The molecule has 0 spiro atoms. The Bertz CT molecular complexity index is 670. The van der Waals surface area contributed by atoms with Gasteiger partial charge < -0.3 is 15.3 Å². The molecule has 2 amide bonds. The zero-order valence-electron chi connectivity index (χ0n) is 15.8. The number of carbonyl (C=O) groups is 2. The normalized spacial score (nSPS) is 22.4. The number of nitrogens with one attached hydrogen (secondary N) is 2. The van der Waals surface area contributed by atoms with Gasteiger partial charge in [0.1, 0.15) is 6.10 Å². The van der Waals surface area contributed by atoms with Gasteiger partial charge in [-0.3, -0.25) is 19.8 Å². The lowest BCUT2D eigenvalue weighted by molar-refractivity contribution is -0.156. The minimum absolute atomic E-state index is 0.0721. The summed E-state index contributed by atoms with van der Waals surface area (Å²) in [5.74, 6) is -2.24. The van der Waals surface area contributed by atoms with Crippen molar-refractivity contribution in [3.8, 4) is 0 Å². The van der Waals surface area contributed by atoms with E-state index in [4.69, 9.17) is 16.8 Å². The fourth-order valence-electron chi connectivity index (χ4n) is 3.46. The number of nitrogens with zero attached hydrogens (tertiary/aromatic N) is 2. The molecule has 1 aliphatic rings. The summed E-state index contributed by atoms with van der Waals surface area (Å²) >= 11 is 5.94. The van der Waals surface area contributed by atoms with Crippen molar-refractivity contribution in [2.45, 2.75) is 38.8 Å². The molecule has 1 aliphatic heterocycles. The number of hydroxylamine groups is 1. The van der Waals surface area contributed by atoms with Gasteiger partial charge in [-0.2, -0.15) is 0 Å². The number of aliphatic hydroxyl groups excluding tert-OH is 1. The van der Waals surface area contributed by atoms with Gasteiger partial charge in [0.05, 0.1) is 22.2 Å². The van der Waals surface area contributed by atoms with Crippen LogP contribution in [0.2, 0.25) is 5.02 Å². The fourth-order valence-corrected chi connectivity index (χ4v) is 3.57. The average molecular weight is 399 g/mol. The second-order valence-corrected chi connectivity index (χ2v) is 7.90. The first kappa shape index (κ1) is 21.6. The van der Waals surface area contributed by atoms with Gasteiger partial charge in [-0.25, -0.2) is 5.48 Å². The molecule has 0 aliphatic carbocycles. The van der Waals surface area contributed by atoms with Gasteiger partial charge in [-0.1, -0.05) is 25.4 Å². The maximum Gasteiger partial charge on any atom is 0.272 e. The van der Waals surface area contributed by atoms with Crippen molar-refractivity contribution in [3.63, 3.8) is 0 Å². The van der Waals surface area contributed by atoms with Crippen LogP contribution in [0.3, 0.4) is 0 Å². The number of piperazine rings is 1. The van der Waals surface area contributed by atoms with Crippen molar-refractivity contribution in [3.05, 3.63) is 29.0 Å². The Hall–Kier alpha value is -1.74. The number of pyridine rings is 1. The quantitative estimate of drug-likeness (QED) is 0.418. The third kappa shape index (κ3) is 4.76. The second kappa shape index (κ2) is 8.97. The molecule has 4 N–H and O–H groups in total. The molecule has 0 bridgehead atoms. The van der Waals surface area contributed by atoms with E-state index in [1.807, 2.05) is 20.8 Å². The molecule has 1 aromatic rings. The van der Waals surface area contributed by atoms with Gasteiger partial charge in [0.15, 0.2) is 0 Å². The van der Waals surface area contributed by atoms with Crippen LogP contribution in [0.25, 0.3) is 0 Å². The Morgan fingerprint density at radius 1 is 1.44 bits per heavy atom. The maximum atomic E-state index is 13.4. The van der Waals surface area contributed by atoms with Crippen LogP contribution in [-0.2, 0) is 15.1 Å². The molecule has 0 radical (unpaired) electrons. The van der Waals surface area contributed by atoms with Crippen LogP contribution >= 0.6 is 11.6 Å². The largest absolute Gasteiger partial charge is 0.382 e. The molecule has 8 nitrogen and oxygen atoms in total. The molecule has 3 atom stereocenters.